The molecule has 2 heterocycles. The monoisotopic (exact) mass is 239 g/mol. The Balaban J connectivity index is 2.12. The van der Waals surface area contributed by atoms with Gasteiger partial charge in [-0.15, -0.1) is 0 Å². The van der Waals surface area contributed by atoms with Gasteiger partial charge in [-0.05, 0) is 24.3 Å². The van der Waals surface area contributed by atoms with Gasteiger partial charge in [0.25, 0.3) is 0 Å². The number of nitrogens with zero attached hydrogens (tertiary/aromatic N) is 2. The number of pyridine rings is 1. The van der Waals surface area contributed by atoms with E-state index in [2.05, 4.69) is 10.4 Å². The first-order valence-corrected chi connectivity index (χ1v) is 5.70. The summed E-state index contributed by atoms with van der Waals surface area (Å²) in [6, 6.07) is 11.8. The number of aromatic nitrogens is 2. The van der Waals surface area contributed by atoms with Crippen LogP contribution in [0.3, 0.4) is 0 Å². The predicted molar refractivity (Wildman–Crippen MR) is 71.7 cm³/mol. The number of benzene rings is 1. The standard InChI is InChI=1S/C14H13N3O/c1-18-13-6-4-5-12-11(13)7-8-15-14(12)16-17-9-2-3-10-17/h2-10H,1H3,(H,15,16). The highest BCUT2D eigenvalue weighted by molar-refractivity contribution is 5.95. The number of hydrogen-bond acceptors (Lipinski definition) is 3. The van der Waals surface area contributed by atoms with Crippen molar-refractivity contribution in [3.63, 3.8) is 0 Å². The number of rotatable bonds is 3. The second kappa shape index (κ2) is 4.41. The molecule has 0 atom stereocenters. The van der Waals surface area contributed by atoms with Crippen molar-refractivity contribution < 1.29 is 4.74 Å². The Morgan fingerprint density at radius 3 is 2.67 bits per heavy atom. The smallest absolute Gasteiger partial charge is 0.152 e. The van der Waals surface area contributed by atoms with Gasteiger partial charge in [0.05, 0.1) is 7.11 Å². The van der Waals surface area contributed by atoms with E-state index in [4.69, 9.17) is 4.74 Å². The Morgan fingerprint density at radius 2 is 1.89 bits per heavy atom. The number of methoxy groups -OCH3 is 1. The maximum atomic E-state index is 5.36. The van der Waals surface area contributed by atoms with Crippen molar-refractivity contribution in [3.05, 3.63) is 55.0 Å². The molecular formula is C14H13N3O. The Bertz CT molecular complexity index is 662. The normalized spacial score (nSPS) is 10.5. The van der Waals surface area contributed by atoms with Crippen LogP contribution in [0, 0.1) is 0 Å². The molecule has 0 saturated heterocycles. The van der Waals surface area contributed by atoms with Crippen molar-refractivity contribution in [1.29, 1.82) is 0 Å². The molecule has 90 valence electrons. The Morgan fingerprint density at radius 1 is 1.06 bits per heavy atom. The van der Waals surface area contributed by atoms with Gasteiger partial charge in [-0.3, -0.25) is 10.1 Å². The molecule has 0 amide bonds. The van der Waals surface area contributed by atoms with Crippen LogP contribution in [0.1, 0.15) is 0 Å². The zero-order valence-corrected chi connectivity index (χ0v) is 10.00. The zero-order chi connectivity index (χ0) is 12.4. The molecule has 0 aliphatic rings. The van der Waals surface area contributed by atoms with E-state index in [1.165, 1.54) is 0 Å². The molecule has 0 bridgehead atoms. The van der Waals surface area contributed by atoms with Gasteiger partial charge in [0.2, 0.25) is 0 Å². The summed E-state index contributed by atoms with van der Waals surface area (Å²) in [5.41, 5.74) is 3.23. The van der Waals surface area contributed by atoms with Crippen molar-refractivity contribution in [2.24, 2.45) is 0 Å². The van der Waals surface area contributed by atoms with Crippen molar-refractivity contribution in [2.75, 3.05) is 12.5 Å². The lowest BCUT2D eigenvalue weighted by Crippen LogP contribution is -2.07. The average Bonchev–Trinajstić information content (AvgIpc) is 2.91. The van der Waals surface area contributed by atoms with Crippen LogP contribution in [0.4, 0.5) is 5.82 Å². The van der Waals surface area contributed by atoms with Crippen LogP contribution in [0.25, 0.3) is 10.8 Å². The molecule has 2 aromatic heterocycles. The second-order valence-corrected chi connectivity index (χ2v) is 3.92. The van der Waals surface area contributed by atoms with Crippen molar-refractivity contribution in [1.82, 2.24) is 9.66 Å². The minimum absolute atomic E-state index is 0.808. The molecule has 0 aliphatic heterocycles. The van der Waals surface area contributed by atoms with E-state index in [1.54, 1.807) is 13.3 Å². The Labute approximate surface area is 105 Å². The van der Waals surface area contributed by atoms with Gasteiger partial charge in [-0.1, -0.05) is 12.1 Å². The molecule has 4 nitrogen and oxygen atoms in total. The van der Waals surface area contributed by atoms with Crippen molar-refractivity contribution >= 4 is 16.6 Å². The third-order valence-corrected chi connectivity index (χ3v) is 2.83. The summed E-state index contributed by atoms with van der Waals surface area (Å²) in [6.45, 7) is 0. The SMILES string of the molecule is COc1cccc2c(Nn3cccc3)nccc12. The molecule has 18 heavy (non-hydrogen) atoms. The Kier molecular flexibility index (Phi) is 2.61. The fourth-order valence-electron chi connectivity index (χ4n) is 1.98. The molecule has 0 fully saturated rings. The van der Waals surface area contributed by atoms with E-state index in [1.807, 2.05) is 53.5 Å². The highest BCUT2D eigenvalue weighted by Crippen LogP contribution is 2.28. The molecule has 1 aromatic carbocycles. The summed E-state index contributed by atoms with van der Waals surface area (Å²) in [4.78, 5) is 4.37. The van der Waals surface area contributed by atoms with Gasteiger partial charge in [-0.2, -0.15) is 0 Å². The molecular weight excluding hydrogens is 226 g/mol. The number of ether oxygens (including phenoxy) is 1. The van der Waals surface area contributed by atoms with Gasteiger partial charge >= 0.3 is 0 Å². The molecule has 3 aromatic rings. The predicted octanol–water partition coefficient (Wildman–Crippen LogP) is 2.92. The number of anilines is 1. The Hall–Kier alpha value is -2.49. The van der Waals surface area contributed by atoms with Crippen molar-refractivity contribution in [3.8, 4) is 5.75 Å². The van der Waals surface area contributed by atoms with Crippen LogP contribution in [0.2, 0.25) is 0 Å². The maximum absolute atomic E-state index is 5.36. The molecule has 4 heteroatoms. The minimum atomic E-state index is 0.808. The van der Waals surface area contributed by atoms with E-state index in [-0.39, 0.29) is 0 Å². The molecule has 0 saturated carbocycles. The number of hydrogen-bond donors (Lipinski definition) is 1. The van der Waals surface area contributed by atoms with Gasteiger partial charge in [0, 0.05) is 29.4 Å². The van der Waals surface area contributed by atoms with E-state index >= 15 is 0 Å². The van der Waals surface area contributed by atoms with Crippen LogP contribution in [0.5, 0.6) is 5.75 Å². The summed E-state index contributed by atoms with van der Waals surface area (Å²) in [7, 11) is 1.67. The molecule has 0 aliphatic carbocycles. The molecule has 1 N–H and O–H groups in total. The lowest BCUT2D eigenvalue weighted by atomic mass is 10.1. The van der Waals surface area contributed by atoms with E-state index < -0.39 is 0 Å². The van der Waals surface area contributed by atoms with Crippen LogP contribution >= 0.6 is 0 Å². The van der Waals surface area contributed by atoms with E-state index in [0.717, 1.165) is 22.3 Å². The highest BCUT2D eigenvalue weighted by atomic mass is 16.5. The fourth-order valence-corrected chi connectivity index (χ4v) is 1.98. The van der Waals surface area contributed by atoms with E-state index in [0.29, 0.717) is 0 Å². The van der Waals surface area contributed by atoms with Gasteiger partial charge in [0.15, 0.2) is 5.82 Å². The summed E-state index contributed by atoms with van der Waals surface area (Å²) >= 11 is 0. The summed E-state index contributed by atoms with van der Waals surface area (Å²) < 4.78 is 7.22. The average molecular weight is 239 g/mol. The van der Waals surface area contributed by atoms with Gasteiger partial charge < -0.3 is 4.74 Å². The van der Waals surface area contributed by atoms with E-state index in [9.17, 15) is 0 Å². The number of nitrogens with one attached hydrogen (secondary N) is 1. The first-order chi connectivity index (χ1) is 8.88. The lowest BCUT2D eigenvalue weighted by Gasteiger charge is -2.11. The summed E-state index contributed by atoms with van der Waals surface area (Å²) in [6.07, 6.45) is 5.64. The minimum Gasteiger partial charge on any atom is -0.496 e. The molecule has 0 unspecified atom stereocenters. The van der Waals surface area contributed by atoms with Crippen LogP contribution in [-0.2, 0) is 0 Å². The fraction of sp³-hybridized carbons (Fsp3) is 0.0714. The molecule has 0 radical (unpaired) electrons. The maximum Gasteiger partial charge on any atom is 0.152 e. The first kappa shape index (κ1) is 10.7. The van der Waals surface area contributed by atoms with Crippen LogP contribution in [0.15, 0.2) is 55.0 Å². The summed E-state index contributed by atoms with van der Waals surface area (Å²) in [5.74, 6) is 1.66. The third-order valence-electron chi connectivity index (χ3n) is 2.83. The quantitative estimate of drug-likeness (QED) is 0.763. The highest BCUT2D eigenvalue weighted by Gasteiger charge is 2.05. The molecule has 0 spiro atoms. The third kappa shape index (κ3) is 1.78. The van der Waals surface area contributed by atoms with Crippen molar-refractivity contribution in [2.45, 2.75) is 0 Å². The lowest BCUT2D eigenvalue weighted by molar-refractivity contribution is 0.420. The zero-order valence-electron chi connectivity index (χ0n) is 10.00. The van der Waals surface area contributed by atoms with Crippen LogP contribution < -0.4 is 10.2 Å². The second-order valence-electron chi connectivity index (χ2n) is 3.92. The first-order valence-electron chi connectivity index (χ1n) is 5.70. The number of fused-ring (bicyclic) bond motifs is 1. The van der Waals surface area contributed by atoms with Gasteiger partial charge in [0.1, 0.15) is 5.75 Å². The largest absolute Gasteiger partial charge is 0.496 e. The summed E-state index contributed by atoms with van der Waals surface area (Å²) in [5, 5.41) is 2.08. The van der Waals surface area contributed by atoms with Crippen LogP contribution in [-0.4, -0.2) is 16.8 Å². The molecule has 3 rings (SSSR count). The topological polar surface area (TPSA) is 39.1 Å². The van der Waals surface area contributed by atoms with Gasteiger partial charge in [-0.25, -0.2) is 4.98 Å².